The van der Waals surface area contributed by atoms with E-state index in [-0.39, 0.29) is 7.43 Å². The molecular weight excluding hydrogens is 238 g/mol. The lowest BCUT2D eigenvalue weighted by molar-refractivity contribution is -0.00939. The number of hydrogen-bond acceptors (Lipinski definition) is 3. The van der Waals surface area contributed by atoms with Crippen LogP contribution in [0.2, 0.25) is 0 Å². The van der Waals surface area contributed by atoms with E-state index < -0.39 is 0 Å². The number of hydrogen-bond donors (Lipinski definition) is 0. The summed E-state index contributed by atoms with van der Waals surface area (Å²) in [6.07, 6.45) is 4.22. The van der Waals surface area contributed by atoms with E-state index in [9.17, 15) is 0 Å². The van der Waals surface area contributed by atoms with Gasteiger partial charge in [0.15, 0.2) is 0 Å². The SMILES string of the molecule is C.CC(C)CN1CCC(OCCCOC(C)C)CC1. The topological polar surface area (TPSA) is 21.7 Å². The Morgan fingerprint density at radius 3 is 2.21 bits per heavy atom. The summed E-state index contributed by atoms with van der Waals surface area (Å²) in [6.45, 7) is 14.0. The van der Waals surface area contributed by atoms with Crippen LogP contribution in [0.3, 0.4) is 0 Å². The average Bonchev–Trinajstić information content (AvgIpc) is 2.30. The predicted octanol–water partition coefficient (Wildman–Crippen LogP) is 3.57. The fourth-order valence-corrected chi connectivity index (χ4v) is 2.40. The highest BCUT2D eigenvalue weighted by atomic mass is 16.5. The Kier molecular flexibility index (Phi) is 10.6. The molecule has 0 aromatic carbocycles. The number of likely N-dealkylation sites (tertiary alicyclic amines) is 1. The highest BCUT2D eigenvalue weighted by Crippen LogP contribution is 2.15. The lowest BCUT2D eigenvalue weighted by Gasteiger charge is -2.32. The third-order valence-electron chi connectivity index (χ3n) is 3.25. The van der Waals surface area contributed by atoms with Crippen molar-refractivity contribution in [2.24, 2.45) is 5.92 Å². The average molecular weight is 273 g/mol. The zero-order chi connectivity index (χ0) is 13.4. The van der Waals surface area contributed by atoms with Crippen molar-refractivity contribution >= 4 is 0 Å². The third-order valence-corrected chi connectivity index (χ3v) is 3.25. The minimum Gasteiger partial charge on any atom is -0.379 e. The van der Waals surface area contributed by atoms with Crippen LogP contribution in [-0.2, 0) is 9.47 Å². The molecule has 0 amide bonds. The van der Waals surface area contributed by atoms with Crippen molar-refractivity contribution in [2.75, 3.05) is 32.8 Å². The molecule has 1 aliphatic heterocycles. The Bertz CT molecular complexity index is 199. The Labute approximate surface area is 120 Å². The quantitative estimate of drug-likeness (QED) is 0.631. The van der Waals surface area contributed by atoms with Crippen molar-refractivity contribution in [3.8, 4) is 0 Å². The van der Waals surface area contributed by atoms with E-state index in [1.165, 1.54) is 32.5 Å². The van der Waals surface area contributed by atoms with Crippen LogP contribution in [0.15, 0.2) is 0 Å². The molecule has 1 saturated heterocycles. The van der Waals surface area contributed by atoms with Crippen molar-refractivity contribution in [1.82, 2.24) is 4.90 Å². The smallest absolute Gasteiger partial charge is 0.0599 e. The van der Waals surface area contributed by atoms with Crippen LogP contribution in [0, 0.1) is 5.92 Å². The van der Waals surface area contributed by atoms with Gasteiger partial charge in [0.05, 0.1) is 12.2 Å². The van der Waals surface area contributed by atoms with Gasteiger partial charge in [0.25, 0.3) is 0 Å². The summed E-state index contributed by atoms with van der Waals surface area (Å²) in [7, 11) is 0. The van der Waals surface area contributed by atoms with Crippen LogP contribution in [0.1, 0.15) is 54.4 Å². The largest absolute Gasteiger partial charge is 0.379 e. The number of piperidine rings is 1. The van der Waals surface area contributed by atoms with E-state index in [4.69, 9.17) is 9.47 Å². The van der Waals surface area contributed by atoms with Crippen LogP contribution < -0.4 is 0 Å². The molecule has 1 aliphatic rings. The molecule has 0 aromatic heterocycles. The molecule has 0 aliphatic carbocycles. The van der Waals surface area contributed by atoms with E-state index in [1.807, 2.05) is 0 Å². The summed E-state index contributed by atoms with van der Waals surface area (Å²) < 4.78 is 11.4. The van der Waals surface area contributed by atoms with Gasteiger partial charge in [0, 0.05) is 32.8 Å². The number of ether oxygens (including phenoxy) is 2. The van der Waals surface area contributed by atoms with Gasteiger partial charge < -0.3 is 14.4 Å². The Morgan fingerprint density at radius 2 is 1.68 bits per heavy atom. The van der Waals surface area contributed by atoms with E-state index in [2.05, 4.69) is 32.6 Å². The molecule has 0 spiro atoms. The first kappa shape index (κ1) is 18.9. The summed E-state index contributed by atoms with van der Waals surface area (Å²) in [4.78, 5) is 2.56. The van der Waals surface area contributed by atoms with Gasteiger partial charge in [-0.3, -0.25) is 0 Å². The highest BCUT2D eigenvalue weighted by Gasteiger charge is 2.19. The predicted molar refractivity (Wildman–Crippen MR) is 82.7 cm³/mol. The molecule has 1 fully saturated rings. The summed E-state index contributed by atoms with van der Waals surface area (Å²) in [6, 6.07) is 0. The molecule has 116 valence electrons. The first-order valence-corrected chi connectivity index (χ1v) is 7.53. The maximum atomic E-state index is 5.91. The van der Waals surface area contributed by atoms with Gasteiger partial charge in [-0.15, -0.1) is 0 Å². The van der Waals surface area contributed by atoms with Gasteiger partial charge in [-0.05, 0) is 39.0 Å². The molecule has 0 unspecified atom stereocenters. The summed E-state index contributed by atoms with van der Waals surface area (Å²) in [5.41, 5.74) is 0. The summed E-state index contributed by atoms with van der Waals surface area (Å²) >= 11 is 0. The maximum absolute atomic E-state index is 5.91. The molecule has 0 atom stereocenters. The second kappa shape index (κ2) is 10.6. The van der Waals surface area contributed by atoms with Gasteiger partial charge >= 0.3 is 0 Å². The second-order valence-corrected chi connectivity index (χ2v) is 6.04. The number of nitrogens with zero attached hydrogens (tertiary/aromatic N) is 1. The minimum atomic E-state index is 0. The first-order chi connectivity index (χ1) is 8.58. The van der Waals surface area contributed by atoms with Crippen LogP contribution in [0.5, 0.6) is 0 Å². The monoisotopic (exact) mass is 273 g/mol. The highest BCUT2D eigenvalue weighted by molar-refractivity contribution is 4.73. The van der Waals surface area contributed by atoms with E-state index in [0.29, 0.717) is 12.2 Å². The van der Waals surface area contributed by atoms with Crippen molar-refractivity contribution < 1.29 is 9.47 Å². The van der Waals surface area contributed by atoms with Gasteiger partial charge in [-0.1, -0.05) is 21.3 Å². The number of rotatable bonds is 8. The molecule has 1 rings (SSSR count). The summed E-state index contributed by atoms with van der Waals surface area (Å²) in [5.74, 6) is 0.774. The first-order valence-electron chi connectivity index (χ1n) is 7.53. The standard InChI is InChI=1S/C15H31NO2.CH4/c1-13(2)12-16-8-6-15(7-9-16)18-11-5-10-17-14(3)4;/h13-15H,5-12H2,1-4H3;1H4. The molecular formula is C16H35NO2. The molecule has 19 heavy (non-hydrogen) atoms. The fraction of sp³-hybridized carbons (Fsp3) is 1.00. The molecule has 1 heterocycles. The van der Waals surface area contributed by atoms with Crippen molar-refractivity contribution in [3.05, 3.63) is 0 Å². The lowest BCUT2D eigenvalue weighted by Crippen LogP contribution is -2.39. The minimum absolute atomic E-state index is 0. The van der Waals surface area contributed by atoms with Crippen LogP contribution in [-0.4, -0.2) is 50.0 Å². The lowest BCUT2D eigenvalue weighted by atomic mass is 10.1. The molecule has 3 heteroatoms. The Hall–Kier alpha value is -0.120. The van der Waals surface area contributed by atoms with Crippen molar-refractivity contribution in [2.45, 2.75) is 66.6 Å². The van der Waals surface area contributed by atoms with Crippen molar-refractivity contribution in [3.63, 3.8) is 0 Å². The molecule has 0 N–H and O–H groups in total. The molecule has 3 nitrogen and oxygen atoms in total. The fourth-order valence-electron chi connectivity index (χ4n) is 2.40. The van der Waals surface area contributed by atoms with Gasteiger partial charge in [0.2, 0.25) is 0 Å². The van der Waals surface area contributed by atoms with Crippen LogP contribution in [0.4, 0.5) is 0 Å². The second-order valence-electron chi connectivity index (χ2n) is 6.04. The normalized spacial score (nSPS) is 18.0. The zero-order valence-corrected chi connectivity index (χ0v) is 12.7. The maximum Gasteiger partial charge on any atom is 0.0599 e. The van der Waals surface area contributed by atoms with E-state index in [0.717, 1.165) is 25.6 Å². The summed E-state index contributed by atoms with van der Waals surface area (Å²) in [5, 5.41) is 0. The third kappa shape index (κ3) is 9.42. The molecule has 0 bridgehead atoms. The Balaban J connectivity index is 0.00000324. The van der Waals surface area contributed by atoms with Crippen molar-refractivity contribution in [1.29, 1.82) is 0 Å². The van der Waals surface area contributed by atoms with Gasteiger partial charge in [-0.2, -0.15) is 0 Å². The molecule has 0 radical (unpaired) electrons. The van der Waals surface area contributed by atoms with E-state index >= 15 is 0 Å². The van der Waals surface area contributed by atoms with Crippen LogP contribution >= 0.6 is 0 Å². The van der Waals surface area contributed by atoms with Gasteiger partial charge in [-0.25, -0.2) is 0 Å². The Morgan fingerprint density at radius 1 is 1.05 bits per heavy atom. The molecule has 0 aromatic rings. The molecule has 0 saturated carbocycles. The van der Waals surface area contributed by atoms with Gasteiger partial charge in [0.1, 0.15) is 0 Å². The zero-order valence-electron chi connectivity index (χ0n) is 12.7. The van der Waals surface area contributed by atoms with E-state index in [1.54, 1.807) is 0 Å². The van der Waals surface area contributed by atoms with Crippen LogP contribution in [0.25, 0.3) is 0 Å².